The lowest BCUT2D eigenvalue weighted by Gasteiger charge is -2.04. The predicted octanol–water partition coefficient (Wildman–Crippen LogP) is 3.84. The van der Waals surface area contributed by atoms with E-state index in [-0.39, 0.29) is 5.82 Å². The number of benzene rings is 1. The molecule has 4 aromatic rings. The summed E-state index contributed by atoms with van der Waals surface area (Å²) in [5, 5.41) is 0. The monoisotopic (exact) mass is 304 g/mol. The third kappa shape index (κ3) is 2.36. The van der Waals surface area contributed by atoms with Gasteiger partial charge < -0.3 is 4.57 Å². The number of aryl methyl sites for hydroxylation is 1. The molecular weight excluding hydrogens is 291 g/mol. The quantitative estimate of drug-likeness (QED) is 0.565. The molecule has 23 heavy (non-hydrogen) atoms. The van der Waals surface area contributed by atoms with Gasteiger partial charge >= 0.3 is 0 Å². The molecule has 0 atom stereocenters. The average Bonchev–Trinajstić information content (AvgIpc) is 2.92. The third-order valence-corrected chi connectivity index (χ3v) is 3.75. The largest absolute Gasteiger partial charge is 0.326 e. The van der Waals surface area contributed by atoms with Crippen molar-refractivity contribution < 1.29 is 4.39 Å². The molecule has 0 saturated heterocycles. The smallest absolute Gasteiger partial charge is 0.159 e. The Morgan fingerprint density at radius 2 is 1.70 bits per heavy atom. The van der Waals surface area contributed by atoms with Crippen molar-refractivity contribution in [1.29, 1.82) is 0 Å². The third-order valence-electron chi connectivity index (χ3n) is 3.75. The molecule has 0 aliphatic heterocycles. The maximum absolute atomic E-state index is 13.4. The van der Waals surface area contributed by atoms with Gasteiger partial charge in [0, 0.05) is 19.3 Å². The molecule has 0 amide bonds. The first-order valence-electron chi connectivity index (χ1n) is 7.23. The Balaban J connectivity index is 1.87. The van der Waals surface area contributed by atoms with E-state index in [1.165, 1.54) is 12.1 Å². The summed E-state index contributed by atoms with van der Waals surface area (Å²) in [6.45, 7) is 0. The average molecular weight is 304 g/mol. The number of imidazole rings is 1. The van der Waals surface area contributed by atoms with Crippen molar-refractivity contribution >= 4 is 11.0 Å². The van der Waals surface area contributed by atoms with Crippen molar-refractivity contribution in [2.45, 2.75) is 0 Å². The first kappa shape index (κ1) is 13.6. The zero-order valence-electron chi connectivity index (χ0n) is 12.4. The molecule has 0 fully saturated rings. The molecule has 0 spiro atoms. The van der Waals surface area contributed by atoms with Crippen LogP contribution in [-0.2, 0) is 7.05 Å². The summed E-state index contributed by atoms with van der Waals surface area (Å²) >= 11 is 0. The Bertz CT molecular complexity index is 993. The number of fused-ring (bicyclic) bond motifs is 1. The fourth-order valence-electron chi connectivity index (χ4n) is 2.62. The summed E-state index contributed by atoms with van der Waals surface area (Å²) in [6, 6.07) is 16.0. The van der Waals surface area contributed by atoms with Gasteiger partial charge in [0.05, 0.1) is 22.4 Å². The number of pyridine rings is 2. The van der Waals surface area contributed by atoms with Crippen LogP contribution in [0.15, 0.2) is 60.8 Å². The number of halogens is 1. The molecule has 0 saturated carbocycles. The van der Waals surface area contributed by atoms with Crippen LogP contribution in [0.25, 0.3) is 33.9 Å². The fourth-order valence-corrected chi connectivity index (χ4v) is 2.62. The summed E-state index contributed by atoms with van der Waals surface area (Å²) in [5.74, 6) is 0.403. The second-order valence-electron chi connectivity index (χ2n) is 5.25. The minimum atomic E-state index is -0.294. The van der Waals surface area contributed by atoms with Crippen LogP contribution >= 0.6 is 0 Å². The van der Waals surface area contributed by atoms with E-state index >= 15 is 0 Å². The topological polar surface area (TPSA) is 43.6 Å². The van der Waals surface area contributed by atoms with Gasteiger partial charge in [-0.2, -0.15) is 0 Å². The Morgan fingerprint density at radius 3 is 2.52 bits per heavy atom. The zero-order chi connectivity index (χ0) is 15.8. The number of nitrogens with zero attached hydrogens (tertiary/aromatic N) is 4. The highest BCUT2D eigenvalue weighted by atomic mass is 19.1. The molecular formula is C18H13FN4. The summed E-state index contributed by atoms with van der Waals surface area (Å²) < 4.78 is 15.3. The van der Waals surface area contributed by atoms with E-state index in [1.54, 1.807) is 12.3 Å². The molecule has 5 heteroatoms. The normalized spacial score (nSPS) is 11.0. The number of hydrogen-bond donors (Lipinski definition) is 0. The van der Waals surface area contributed by atoms with Crippen LogP contribution in [0, 0.1) is 5.82 Å². The number of rotatable bonds is 2. The Morgan fingerprint density at radius 1 is 0.870 bits per heavy atom. The Labute approximate surface area is 132 Å². The molecule has 1 aromatic carbocycles. The van der Waals surface area contributed by atoms with E-state index in [1.807, 2.05) is 48.0 Å². The molecule has 0 aliphatic rings. The van der Waals surface area contributed by atoms with E-state index in [4.69, 9.17) is 0 Å². The SMILES string of the molecule is Cn1c(-c2cccc(-c3ccccn3)n2)nc2cc(F)ccc21. The van der Waals surface area contributed by atoms with Gasteiger partial charge in [-0.05, 0) is 36.4 Å². The second kappa shape index (κ2) is 5.28. The fraction of sp³-hybridized carbons (Fsp3) is 0.0556. The molecule has 0 aliphatic carbocycles. The van der Waals surface area contributed by atoms with Crippen LogP contribution in [0.1, 0.15) is 0 Å². The lowest BCUT2D eigenvalue weighted by Crippen LogP contribution is -1.96. The van der Waals surface area contributed by atoms with E-state index < -0.39 is 0 Å². The molecule has 3 aromatic heterocycles. The van der Waals surface area contributed by atoms with Crippen molar-refractivity contribution in [1.82, 2.24) is 19.5 Å². The maximum atomic E-state index is 13.4. The van der Waals surface area contributed by atoms with Crippen molar-refractivity contribution in [3.63, 3.8) is 0 Å². The van der Waals surface area contributed by atoms with Crippen molar-refractivity contribution in [2.75, 3.05) is 0 Å². The standard InChI is InChI=1S/C18H13FN4/c1-23-17-9-8-12(19)11-16(17)22-18(23)15-7-4-6-14(21-15)13-5-2-3-10-20-13/h2-11H,1H3. The molecule has 0 N–H and O–H groups in total. The molecule has 0 bridgehead atoms. The maximum Gasteiger partial charge on any atom is 0.159 e. The van der Waals surface area contributed by atoms with Gasteiger partial charge in [0.1, 0.15) is 11.5 Å². The summed E-state index contributed by atoms with van der Waals surface area (Å²) in [6.07, 6.45) is 1.74. The summed E-state index contributed by atoms with van der Waals surface area (Å²) in [7, 11) is 1.90. The van der Waals surface area contributed by atoms with Crippen molar-refractivity contribution in [3.05, 3.63) is 66.6 Å². The van der Waals surface area contributed by atoms with Crippen LogP contribution in [0.4, 0.5) is 4.39 Å². The lowest BCUT2D eigenvalue weighted by atomic mass is 10.2. The number of aromatic nitrogens is 4. The Hall–Kier alpha value is -3.08. The van der Waals surface area contributed by atoms with E-state index in [2.05, 4.69) is 15.0 Å². The minimum absolute atomic E-state index is 0.294. The summed E-state index contributed by atoms with van der Waals surface area (Å²) in [4.78, 5) is 13.5. The van der Waals surface area contributed by atoms with Crippen LogP contribution in [0.2, 0.25) is 0 Å². The van der Waals surface area contributed by atoms with Gasteiger partial charge in [0.15, 0.2) is 5.82 Å². The van der Waals surface area contributed by atoms with E-state index in [9.17, 15) is 4.39 Å². The van der Waals surface area contributed by atoms with Crippen molar-refractivity contribution in [3.8, 4) is 22.9 Å². The zero-order valence-corrected chi connectivity index (χ0v) is 12.4. The van der Waals surface area contributed by atoms with Gasteiger partial charge in [0.25, 0.3) is 0 Å². The molecule has 4 nitrogen and oxygen atoms in total. The van der Waals surface area contributed by atoms with Gasteiger partial charge in [-0.1, -0.05) is 12.1 Å². The van der Waals surface area contributed by atoms with Gasteiger partial charge in [0.2, 0.25) is 0 Å². The van der Waals surface area contributed by atoms with E-state index in [0.717, 1.165) is 22.6 Å². The number of hydrogen-bond acceptors (Lipinski definition) is 3. The molecule has 0 unspecified atom stereocenters. The van der Waals surface area contributed by atoms with Crippen LogP contribution in [0.5, 0.6) is 0 Å². The van der Waals surface area contributed by atoms with Crippen LogP contribution < -0.4 is 0 Å². The summed E-state index contributed by atoms with van der Waals surface area (Å²) in [5.41, 5.74) is 3.80. The van der Waals surface area contributed by atoms with Crippen LogP contribution in [0.3, 0.4) is 0 Å². The first-order chi connectivity index (χ1) is 11.2. The van der Waals surface area contributed by atoms with Gasteiger partial charge in [-0.15, -0.1) is 0 Å². The highest BCUT2D eigenvalue weighted by Crippen LogP contribution is 2.24. The molecule has 3 heterocycles. The molecule has 0 radical (unpaired) electrons. The Kier molecular flexibility index (Phi) is 3.12. The lowest BCUT2D eigenvalue weighted by molar-refractivity contribution is 0.629. The van der Waals surface area contributed by atoms with Crippen molar-refractivity contribution in [2.24, 2.45) is 7.05 Å². The van der Waals surface area contributed by atoms with Gasteiger partial charge in [-0.3, -0.25) is 4.98 Å². The first-order valence-corrected chi connectivity index (χ1v) is 7.23. The molecule has 4 rings (SSSR count). The minimum Gasteiger partial charge on any atom is -0.326 e. The predicted molar refractivity (Wildman–Crippen MR) is 87.1 cm³/mol. The van der Waals surface area contributed by atoms with Gasteiger partial charge in [-0.25, -0.2) is 14.4 Å². The van der Waals surface area contributed by atoms with Crippen LogP contribution in [-0.4, -0.2) is 19.5 Å². The highest BCUT2D eigenvalue weighted by Gasteiger charge is 2.12. The highest BCUT2D eigenvalue weighted by molar-refractivity contribution is 5.80. The molecule has 112 valence electrons. The van der Waals surface area contributed by atoms with E-state index in [0.29, 0.717) is 11.3 Å². The second-order valence-corrected chi connectivity index (χ2v) is 5.25.